The van der Waals surface area contributed by atoms with Crippen molar-refractivity contribution in [3.63, 3.8) is 0 Å². The Bertz CT molecular complexity index is 1120. The van der Waals surface area contributed by atoms with Gasteiger partial charge in [-0.25, -0.2) is 8.42 Å². The maximum Gasteiger partial charge on any atom is 0.417 e. The van der Waals surface area contributed by atoms with Crippen LogP contribution in [0.4, 0.5) is 18.9 Å². The Morgan fingerprint density at radius 2 is 1.71 bits per heavy atom. The third-order valence-electron chi connectivity index (χ3n) is 3.83. The second kappa shape index (κ2) is 9.09. The van der Waals surface area contributed by atoms with Gasteiger partial charge >= 0.3 is 6.18 Å². The van der Waals surface area contributed by atoms with E-state index >= 15 is 0 Å². The number of carbonyl (C=O) groups excluding carboxylic acids is 2. The molecule has 0 bridgehead atoms. The van der Waals surface area contributed by atoms with Crippen LogP contribution in [-0.4, -0.2) is 31.2 Å². The lowest BCUT2D eigenvalue weighted by molar-refractivity contribution is -0.384. The number of sulfonamides is 1. The fourth-order valence-corrected chi connectivity index (χ4v) is 3.77. The van der Waals surface area contributed by atoms with E-state index in [1.165, 1.54) is 12.1 Å². The molecule has 14 heteroatoms. The molecule has 2 amide bonds. The summed E-state index contributed by atoms with van der Waals surface area (Å²) in [6.07, 6.45) is -4.94. The minimum absolute atomic E-state index is 0.165. The van der Waals surface area contributed by atoms with Crippen LogP contribution in [0.25, 0.3) is 0 Å². The summed E-state index contributed by atoms with van der Waals surface area (Å²) in [6, 6.07) is 6.41. The lowest BCUT2D eigenvalue weighted by Crippen LogP contribution is -2.51. The van der Waals surface area contributed by atoms with E-state index in [1.807, 2.05) is 10.9 Å². The van der Waals surface area contributed by atoms with Crippen LogP contribution in [0, 0.1) is 10.1 Å². The van der Waals surface area contributed by atoms with Crippen molar-refractivity contribution < 1.29 is 36.1 Å². The Morgan fingerprint density at radius 1 is 1.06 bits per heavy atom. The maximum atomic E-state index is 13.1. The molecule has 0 aliphatic carbocycles. The number of halogens is 3. The summed E-state index contributed by atoms with van der Waals surface area (Å²) in [7, 11) is -4.74. The third-order valence-corrected chi connectivity index (χ3v) is 5.42. The smallest absolute Gasteiger partial charge is 0.271 e. The SMILES string of the molecule is C[C@H](NS(=O)(=O)c1ccccc1C(F)(F)F)C(=O)NNC(=O)c1cccc([N+](=O)[O-])c1. The lowest BCUT2D eigenvalue weighted by Gasteiger charge is -2.17. The van der Waals surface area contributed by atoms with E-state index in [-0.39, 0.29) is 11.3 Å². The molecule has 0 aliphatic rings. The number of non-ortho nitro benzene ring substituents is 1. The van der Waals surface area contributed by atoms with E-state index in [4.69, 9.17) is 0 Å². The molecule has 0 aliphatic heterocycles. The first kappa shape index (κ1) is 23.8. The van der Waals surface area contributed by atoms with Crippen molar-refractivity contribution in [1.82, 2.24) is 15.6 Å². The number of benzene rings is 2. The first-order chi connectivity index (χ1) is 14.3. The number of nitro groups is 1. The van der Waals surface area contributed by atoms with Crippen LogP contribution in [0.15, 0.2) is 53.4 Å². The highest BCUT2D eigenvalue weighted by molar-refractivity contribution is 7.89. The predicted octanol–water partition coefficient (Wildman–Crippen LogP) is 1.74. The van der Waals surface area contributed by atoms with E-state index in [0.29, 0.717) is 6.07 Å². The molecule has 0 fully saturated rings. The number of alkyl halides is 3. The molecular weight excluding hydrogens is 445 g/mol. The summed E-state index contributed by atoms with van der Waals surface area (Å²) in [5.41, 5.74) is 1.88. The van der Waals surface area contributed by atoms with Gasteiger partial charge in [0.05, 0.1) is 21.4 Å². The quantitative estimate of drug-likeness (QED) is 0.442. The molecule has 31 heavy (non-hydrogen) atoms. The second-order valence-corrected chi connectivity index (χ2v) is 7.77. The molecule has 0 heterocycles. The molecule has 10 nitrogen and oxygen atoms in total. The van der Waals surface area contributed by atoms with Crippen molar-refractivity contribution in [2.75, 3.05) is 0 Å². The van der Waals surface area contributed by atoms with Crippen molar-refractivity contribution in [2.45, 2.75) is 24.0 Å². The Morgan fingerprint density at radius 3 is 2.32 bits per heavy atom. The molecule has 1 atom stereocenters. The van der Waals surface area contributed by atoms with Crippen molar-refractivity contribution in [2.24, 2.45) is 0 Å². The lowest BCUT2D eigenvalue weighted by atomic mass is 10.2. The summed E-state index contributed by atoms with van der Waals surface area (Å²) >= 11 is 0. The average Bonchev–Trinajstić information content (AvgIpc) is 2.70. The van der Waals surface area contributed by atoms with Crippen LogP contribution in [0.5, 0.6) is 0 Å². The summed E-state index contributed by atoms with van der Waals surface area (Å²) in [5.74, 6) is -2.03. The van der Waals surface area contributed by atoms with Crippen molar-refractivity contribution in [3.8, 4) is 0 Å². The van der Waals surface area contributed by atoms with Gasteiger partial charge in [-0.2, -0.15) is 17.9 Å². The summed E-state index contributed by atoms with van der Waals surface area (Å²) < 4.78 is 65.6. The van der Waals surface area contributed by atoms with E-state index in [1.54, 1.807) is 4.72 Å². The van der Waals surface area contributed by atoms with E-state index < -0.39 is 49.4 Å². The average molecular weight is 460 g/mol. The molecular formula is C17H15F3N4O6S. The first-order valence-corrected chi connectivity index (χ1v) is 9.84. The zero-order chi connectivity index (χ0) is 23.4. The summed E-state index contributed by atoms with van der Waals surface area (Å²) in [6.45, 7) is 1.04. The molecule has 0 spiro atoms. The van der Waals surface area contributed by atoms with Gasteiger partial charge in [0, 0.05) is 17.7 Å². The number of rotatable bonds is 6. The Hall–Kier alpha value is -3.52. The highest BCUT2D eigenvalue weighted by Gasteiger charge is 2.37. The van der Waals surface area contributed by atoms with Crippen molar-refractivity contribution in [1.29, 1.82) is 0 Å². The van der Waals surface area contributed by atoms with Gasteiger partial charge in [-0.3, -0.25) is 30.6 Å². The van der Waals surface area contributed by atoms with E-state index in [2.05, 4.69) is 0 Å². The zero-order valence-corrected chi connectivity index (χ0v) is 16.5. The van der Waals surface area contributed by atoms with Gasteiger partial charge in [0.1, 0.15) is 0 Å². The number of nitro benzene ring substituents is 1. The Kier molecular flexibility index (Phi) is 6.97. The minimum atomic E-state index is -4.94. The fourth-order valence-electron chi connectivity index (χ4n) is 2.34. The van der Waals surface area contributed by atoms with Crippen LogP contribution in [0.1, 0.15) is 22.8 Å². The molecule has 166 valence electrons. The summed E-state index contributed by atoms with van der Waals surface area (Å²) in [5, 5.41) is 10.7. The molecule has 0 saturated carbocycles. The van der Waals surface area contributed by atoms with Gasteiger partial charge in [0.25, 0.3) is 17.5 Å². The standard InChI is InChI=1S/C17H15F3N4O6S/c1-10(23-31(29,30)14-8-3-2-7-13(14)17(18,19)20)15(25)21-22-16(26)11-5-4-6-12(9-11)24(27)28/h2-10,23H,1H3,(H,21,25)(H,22,26)/t10-/m0/s1. The highest BCUT2D eigenvalue weighted by atomic mass is 32.2. The normalized spacial score (nSPS) is 12.6. The van der Waals surface area contributed by atoms with Gasteiger partial charge in [-0.05, 0) is 25.1 Å². The molecule has 3 N–H and O–H groups in total. The number of carbonyl (C=O) groups is 2. The maximum absolute atomic E-state index is 13.1. The first-order valence-electron chi connectivity index (χ1n) is 8.36. The molecule has 0 saturated heterocycles. The molecule has 2 aromatic carbocycles. The third kappa shape index (κ3) is 5.99. The van der Waals surface area contributed by atoms with Gasteiger partial charge in [0.15, 0.2) is 0 Å². The minimum Gasteiger partial charge on any atom is -0.271 e. The van der Waals surface area contributed by atoms with Crippen molar-refractivity contribution in [3.05, 3.63) is 69.8 Å². The molecule has 0 aromatic heterocycles. The van der Waals surface area contributed by atoms with Gasteiger partial charge in [0.2, 0.25) is 10.0 Å². The molecule has 0 radical (unpaired) electrons. The largest absolute Gasteiger partial charge is 0.417 e. The van der Waals surface area contributed by atoms with E-state index in [9.17, 15) is 41.3 Å². The second-order valence-electron chi connectivity index (χ2n) is 6.09. The van der Waals surface area contributed by atoms with Crippen LogP contribution < -0.4 is 15.6 Å². The Labute approximate surface area is 173 Å². The van der Waals surface area contributed by atoms with Crippen LogP contribution in [0.2, 0.25) is 0 Å². The van der Waals surface area contributed by atoms with Crippen LogP contribution in [0.3, 0.4) is 0 Å². The number of nitrogens with zero attached hydrogens (tertiary/aromatic N) is 1. The number of hydrazine groups is 1. The zero-order valence-electron chi connectivity index (χ0n) is 15.6. The van der Waals surface area contributed by atoms with E-state index in [0.717, 1.165) is 37.3 Å². The van der Waals surface area contributed by atoms with Gasteiger partial charge in [-0.1, -0.05) is 18.2 Å². The van der Waals surface area contributed by atoms with Crippen LogP contribution in [-0.2, 0) is 21.0 Å². The topological polar surface area (TPSA) is 148 Å². The highest BCUT2D eigenvalue weighted by Crippen LogP contribution is 2.33. The Balaban J connectivity index is 2.07. The van der Waals surface area contributed by atoms with Gasteiger partial charge in [-0.15, -0.1) is 0 Å². The number of hydrogen-bond acceptors (Lipinski definition) is 6. The monoisotopic (exact) mass is 460 g/mol. The fraction of sp³-hybridized carbons (Fsp3) is 0.176. The number of nitrogens with one attached hydrogen (secondary N) is 3. The number of amides is 2. The predicted molar refractivity (Wildman–Crippen MR) is 99.9 cm³/mol. The molecule has 0 unspecified atom stereocenters. The number of hydrogen-bond donors (Lipinski definition) is 3. The molecule has 2 rings (SSSR count). The van der Waals surface area contributed by atoms with Crippen molar-refractivity contribution >= 4 is 27.5 Å². The summed E-state index contributed by atoms with van der Waals surface area (Å²) in [4.78, 5) is 33.0. The molecule has 2 aromatic rings. The van der Waals surface area contributed by atoms with Crippen LogP contribution >= 0.6 is 0 Å². The van der Waals surface area contributed by atoms with Gasteiger partial charge < -0.3 is 0 Å².